The molecule has 0 aliphatic rings. The average molecular weight is 412 g/mol. The molecule has 0 fully saturated rings. The number of hydrogen-bond acceptors (Lipinski definition) is 4. The maximum absolute atomic E-state index is 13.3. The lowest BCUT2D eigenvalue weighted by Gasteiger charge is -2.18. The Labute approximate surface area is 181 Å². The van der Waals surface area contributed by atoms with Crippen LogP contribution in [0.3, 0.4) is 0 Å². The molecule has 0 radical (unpaired) electrons. The van der Waals surface area contributed by atoms with Crippen LogP contribution in [-0.4, -0.2) is 27.8 Å². The number of carbonyl (C=O) groups is 1. The third-order valence-electron chi connectivity index (χ3n) is 5.11. The van der Waals surface area contributed by atoms with Crippen molar-refractivity contribution in [2.24, 2.45) is 0 Å². The molecule has 156 valence electrons. The van der Waals surface area contributed by atoms with E-state index in [4.69, 9.17) is 9.84 Å². The number of rotatable bonds is 6. The van der Waals surface area contributed by atoms with Crippen molar-refractivity contribution in [2.45, 2.75) is 19.9 Å². The van der Waals surface area contributed by atoms with Crippen LogP contribution >= 0.6 is 0 Å². The van der Waals surface area contributed by atoms with Crippen LogP contribution in [0.1, 0.15) is 34.5 Å². The first kappa shape index (κ1) is 20.3. The van der Waals surface area contributed by atoms with Crippen molar-refractivity contribution in [3.63, 3.8) is 0 Å². The molecule has 0 saturated heterocycles. The van der Waals surface area contributed by atoms with Gasteiger partial charge in [0.15, 0.2) is 0 Å². The lowest BCUT2D eigenvalue weighted by molar-refractivity contribution is 0.0940. The van der Waals surface area contributed by atoms with Gasteiger partial charge in [0.1, 0.15) is 11.4 Å². The van der Waals surface area contributed by atoms with Gasteiger partial charge in [-0.15, -0.1) is 0 Å². The summed E-state index contributed by atoms with van der Waals surface area (Å²) in [5.41, 5.74) is 4.75. The highest BCUT2D eigenvalue weighted by molar-refractivity contribution is 6.00. The minimum atomic E-state index is -0.246. The summed E-state index contributed by atoms with van der Waals surface area (Å²) in [4.78, 5) is 17.5. The van der Waals surface area contributed by atoms with Crippen molar-refractivity contribution in [1.29, 1.82) is 0 Å². The van der Waals surface area contributed by atoms with Gasteiger partial charge in [0.2, 0.25) is 0 Å². The van der Waals surface area contributed by atoms with Gasteiger partial charge in [-0.1, -0.05) is 35.9 Å². The number of hydrogen-bond donors (Lipinski definition) is 1. The first-order valence-corrected chi connectivity index (χ1v) is 10.1. The van der Waals surface area contributed by atoms with E-state index in [9.17, 15) is 4.79 Å². The van der Waals surface area contributed by atoms with Crippen LogP contribution in [0.4, 0.5) is 0 Å². The number of nitrogens with zero attached hydrogens (tertiary/aromatic N) is 3. The molecule has 4 rings (SSSR count). The van der Waals surface area contributed by atoms with Crippen LogP contribution in [0.15, 0.2) is 79.3 Å². The van der Waals surface area contributed by atoms with Gasteiger partial charge in [0.25, 0.3) is 5.91 Å². The smallest absolute Gasteiger partial charge is 0.255 e. The molecule has 0 spiro atoms. The van der Waals surface area contributed by atoms with Gasteiger partial charge in [-0.25, -0.2) is 4.68 Å². The standard InChI is InChI=1S/C25H24N4O2/c1-17-11-12-23(31-3)21(14-17)18(2)27-25(30)22-16-29(20-9-5-4-6-10-20)28-24(22)19-8-7-13-26-15-19/h4-16,18H,1-3H3,(H,27,30)/t18-/m0/s1. The summed E-state index contributed by atoms with van der Waals surface area (Å²) in [5, 5.41) is 7.79. The van der Waals surface area contributed by atoms with E-state index < -0.39 is 0 Å². The molecule has 6 nitrogen and oxygen atoms in total. The van der Waals surface area contributed by atoms with Gasteiger partial charge < -0.3 is 10.1 Å². The molecule has 0 saturated carbocycles. The molecule has 4 aromatic rings. The minimum Gasteiger partial charge on any atom is -0.496 e. The van der Waals surface area contributed by atoms with Crippen LogP contribution < -0.4 is 10.1 Å². The average Bonchev–Trinajstić information content (AvgIpc) is 3.26. The van der Waals surface area contributed by atoms with Gasteiger partial charge in [0, 0.05) is 29.7 Å². The molecule has 1 amide bonds. The third kappa shape index (κ3) is 4.33. The molecular weight excluding hydrogens is 388 g/mol. The highest BCUT2D eigenvalue weighted by Crippen LogP contribution is 2.28. The Kier molecular flexibility index (Phi) is 5.80. The largest absolute Gasteiger partial charge is 0.496 e. The van der Waals surface area contributed by atoms with Crippen LogP contribution in [0, 0.1) is 6.92 Å². The molecule has 6 heteroatoms. The second-order valence-corrected chi connectivity index (χ2v) is 7.35. The summed E-state index contributed by atoms with van der Waals surface area (Å²) in [6.07, 6.45) is 5.16. The first-order valence-electron chi connectivity index (χ1n) is 10.1. The number of amides is 1. The fraction of sp³-hybridized carbons (Fsp3) is 0.160. The van der Waals surface area contributed by atoms with E-state index in [-0.39, 0.29) is 11.9 Å². The van der Waals surface area contributed by atoms with E-state index in [0.717, 1.165) is 28.1 Å². The van der Waals surface area contributed by atoms with E-state index in [1.807, 2.05) is 74.5 Å². The summed E-state index contributed by atoms with van der Waals surface area (Å²) >= 11 is 0. The molecule has 0 aliphatic heterocycles. The number of benzene rings is 2. The Morgan fingerprint density at radius 1 is 1.10 bits per heavy atom. The third-order valence-corrected chi connectivity index (χ3v) is 5.11. The van der Waals surface area contributed by atoms with Crippen LogP contribution in [0.2, 0.25) is 0 Å². The molecule has 0 unspecified atom stereocenters. The summed E-state index contributed by atoms with van der Waals surface area (Å²) in [6.45, 7) is 3.96. The fourth-order valence-electron chi connectivity index (χ4n) is 3.51. The number of nitrogens with one attached hydrogen (secondary N) is 1. The zero-order valence-corrected chi connectivity index (χ0v) is 17.7. The molecule has 2 aromatic heterocycles. The predicted molar refractivity (Wildman–Crippen MR) is 120 cm³/mol. The normalized spacial score (nSPS) is 11.7. The molecule has 2 heterocycles. The molecule has 0 aliphatic carbocycles. The number of carbonyl (C=O) groups excluding carboxylic acids is 1. The van der Waals surface area contributed by atoms with E-state index in [1.54, 1.807) is 30.4 Å². The molecule has 0 bridgehead atoms. The number of aryl methyl sites for hydroxylation is 1. The molecule has 1 N–H and O–H groups in total. The van der Waals surface area contributed by atoms with Gasteiger partial charge in [-0.2, -0.15) is 5.10 Å². The predicted octanol–water partition coefficient (Wildman–Crippen LogP) is 4.74. The second kappa shape index (κ2) is 8.83. The van der Waals surface area contributed by atoms with Crippen LogP contribution in [0.25, 0.3) is 16.9 Å². The number of aromatic nitrogens is 3. The topological polar surface area (TPSA) is 69.0 Å². The van der Waals surface area contributed by atoms with Gasteiger partial charge in [0.05, 0.1) is 24.4 Å². The van der Waals surface area contributed by atoms with Gasteiger partial charge in [-0.3, -0.25) is 9.78 Å². The Bertz CT molecular complexity index is 1190. The number of pyridine rings is 1. The quantitative estimate of drug-likeness (QED) is 0.497. The first-order chi connectivity index (χ1) is 15.1. The Balaban J connectivity index is 1.70. The van der Waals surface area contributed by atoms with E-state index in [1.165, 1.54) is 0 Å². The van der Waals surface area contributed by atoms with E-state index in [2.05, 4.69) is 10.3 Å². The maximum atomic E-state index is 13.3. The Morgan fingerprint density at radius 2 is 1.90 bits per heavy atom. The van der Waals surface area contributed by atoms with Crippen molar-refractivity contribution in [3.8, 4) is 22.7 Å². The molecule has 31 heavy (non-hydrogen) atoms. The minimum absolute atomic E-state index is 0.211. The summed E-state index contributed by atoms with van der Waals surface area (Å²) in [7, 11) is 1.63. The zero-order chi connectivity index (χ0) is 21.8. The maximum Gasteiger partial charge on any atom is 0.255 e. The van der Waals surface area contributed by atoms with E-state index in [0.29, 0.717) is 11.3 Å². The van der Waals surface area contributed by atoms with Crippen LogP contribution in [-0.2, 0) is 0 Å². The molecule has 2 aromatic carbocycles. The van der Waals surface area contributed by atoms with Crippen molar-refractivity contribution in [2.75, 3.05) is 7.11 Å². The summed E-state index contributed by atoms with van der Waals surface area (Å²) in [5.74, 6) is 0.531. The van der Waals surface area contributed by atoms with Gasteiger partial charge in [-0.05, 0) is 44.2 Å². The lowest BCUT2D eigenvalue weighted by atomic mass is 10.0. The fourth-order valence-corrected chi connectivity index (χ4v) is 3.51. The summed E-state index contributed by atoms with van der Waals surface area (Å²) in [6, 6.07) is 19.1. The highest BCUT2D eigenvalue weighted by Gasteiger charge is 2.22. The lowest BCUT2D eigenvalue weighted by Crippen LogP contribution is -2.27. The number of ether oxygens (including phenoxy) is 1. The molecular formula is C25H24N4O2. The van der Waals surface area contributed by atoms with Crippen molar-refractivity contribution < 1.29 is 9.53 Å². The monoisotopic (exact) mass is 412 g/mol. The Hall–Kier alpha value is -3.93. The zero-order valence-electron chi connectivity index (χ0n) is 17.7. The van der Waals surface area contributed by atoms with Crippen molar-refractivity contribution >= 4 is 5.91 Å². The van der Waals surface area contributed by atoms with Crippen LogP contribution in [0.5, 0.6) is 5.75 Å². The van der Waals surface area contributed by atoms with Crippen molar-refractivity contribution in [3.05, 3.63) is 95.9 Å². The van der Waals surface area contributed by atoms with Gasteiger partial charge >= 0.3 is 0 Å². The second-order valence-electron chi connectivity index (χ2n) is 7.35. The highest BCUT2D eigenvalue weighted by atomic mass is 16.5. The number of methoxy groups -OCH3 is 1. The Morgan fingerprint density at radius 3 is 2.61 bits per heavy atom. The summed E-state index contributed by atoms with van der Waals surface area (Å²) < 4.78 is 7.21. The molecule has 1 atom stereocenters. The SMILES string of the molecule is COc1ccc(C)cc1[C@H](C)NC(=O)c1cn(-c2ccccc2)nc1-c1cccnc1. The van der Waals surface area contributed by atoms with E-state index >= 15 is 0 Å². The van der Waals surface area contributed by atoms with Crippen molar-refractivity contribution in [1.82, 2.24) is 20.1 Å². The number of para-hydroxylation sites is 1.